The SMILES string of the molecule is CCN1CCC(c2nc(C(=O)O)c3n2C(C(=O)O)CCC3)C1. The molecule has 0 saturated carbocycles. The fourth-order valence-corrected chi connectivity index (χ4v) is 3.69. The number of aliphatic carboxylic acids is 1. The second-order valence-corrected chi connectivity index (χ2v) is 6.07. The Labute approximate surface area is 128 Å². The highest BCUT2D eigenvalue weighted by molar-refractivity contribution is 5.87. The van der Waals surface area contributed by atoms with Crippen molar-refractivity contribution in [1.82, 2.24) is 14.5 Å². The predicted octanol–water partition coefficient (Wildman–Crippen LogP) is 1.35. The van der Waals surface area contributed by atoms with Crippen LogP contribution in [-0.2, 0) is 11.2 Å². The van der Waals surface area contributed by atoms with E-state index >= 15 is 0 Å². The van der Waals surface area contributed by atoms with Crippen molar-refractivity contribution in [3.63, 3.8) is 0 Å². The Kier molecular flexibility index (Phi) is 3.90. The van der Waals surface area contributed by atoms with Gasteiger partial charge in [0.05, 0.1) is 5.69 Å². The Morgan fingerprint density at radius 2 is 2.09 bits per heavy atom. The van der Waals surface area contributed by atoms with Crippen molar-refractivity contribution in [3.8, 4) is 0 Å². The van der Waals surface area contributed by atoms with Gasteiger partial charge in [0.1, 0.15) is 11.9 Å². The minimum atomic E-state index is -1.06. The molecule has 120 valence electrons. The van der Waals surface area contributed by atoms with Crippen LogP contribution in [0.3, 0.4) is 0 Å². The second kappa shape index (κ2) is 5.72. The van der Waals surface area contributed by atoms with Crippen LogP contribution >= 0.6 is 0 Å². The number of imidazole rings is 1. The Balaban J connectivity index is 2.06. The molecule has 22 heavy (non-hydrogen) atoms. The number of aromatic nitrogens is 2. The molecule has 7 nitrogen and oxygen atoms in total. The number of likely N-dealkylation sites (tertiary alicyclic amines) is 1. The van der Waals surface area contributed by atoms with E-state index in [1.54, 1.807) is 4.57 Å². The molecule has 2 N–H and O–H groups in total. The Bertz CT molecular complexity index is 610. The fourth-order valence-electron chi connectivity index (χ4n) is 3.69. The molecule has 2 aliphatic rings. The minimum absolute atomic E-state index is 0.0379. The first-order valence-electron chi connectivity index (χ1n) is 7.82. The van der Waals surface area contributed by atoms with Crippen molar-refractivity contribution in [2.75, 3.05) is 19.6 Å². The van der Waals surface area contributed by atoms with Crippen LogP contribution in [-0.4, -0.2) is 56.2 Å². The summed E-state index contributed by atoms with van der Waals surface area (Å²) < 4.78 is 1.71. The lowest BCUT2D eigenvalue weighted by Gasteiger charge is -2.26. The lowest BCUT2D eigenvalue weighted by Crippen LogP contribution is -2.28. The van der Waals surface area contributed by atoms with E-state index in [1.165, 1.54) is 0 Å². The van der Waals surface area contributed by atoms with Crippen LogP contribution in [0.4, 0.5) is 0 Å². The average Bonchev–Trinajstić information content (AvgIpc) is 3.10. The molecule has 0 radical (unpaired) electrons. The summed E-state index contributed by atoms with van der Waals surface area (Å²) in [6.07, 6.45) is 2.71. The number of aromatic carboxylic acids is 1. The topological polar surface area (TPSA) is 95.7 Å². The molecule has 7 heteroatoms. The van der Waals surface area contributed by atoms with Crippen LogP contribution in [0.5, 0.6) is 0 Å². The smallest absolute Gasteiger partial charge is 0.356 e. The summed E-state index contributed by atoms with van der Waals surface area (Å²) in [6.45, 7) is 4.80. The average molecular weight is 307 g/mol. The van der Waals surface area contributed by atoms with Gasteiger partial charge >= 0.3 is 11.9 Å². The van der Waals surface area contributed by atoms with Gasteiger partial charge in [0.2, 0.25) is 0 Å². The molecule has 1 saturated heterocycles. The molecule has 3 heterocycles. The molecular formula is C15H21N3O4. The molecule has 1 fully saturated rings. The van der Waals surface area contributed by atoms with E-state index in [2.05, 4.69) is 16.8 Å². The van der Waals surface area contributed by atoms with Gasteiger partial charge in [-0.1, -0.05) is 6.92 Å². The van der Waals surface area contributed by atoms with Gasteiger partial charge in [-0.3, -0.25) is 0 Å². The summed E-state index contributed by atoms with van der Waals surface area (Å²) in [4.78, 5) is 29.7. The summed E-state index contributed by atoms with van der Waals surface area (Å²) in [5.41, 5.74) is 0.618. The van der Waals surface area contributed by atoms with Crippen LogP contribution in [0.15, 0.2) is 0 Å². The molecule has 2 aliphatic heterocycles. The number of carboxylic acids is 2. The zero-order valence-electron chi connectivity index (χ0n) is 12.7. The zero-order chi connectivity index (χ0) is 15.9. The van der Waals surface area contributed by atoms with Crippen LogP contribution in [0.25, 0.3) is 0 Å². The van der Waals surface area contributed by atoms with E-state index in [0.29, 0.717) is 30.8 Å². The normalized spacial score (nSPS) is 25.1. The van der Waals surface area contributed by atoms with Crippen LogP contribution < -0.4 is 0 Å². The van der Waals surface area contributed by atoms with Crippen molar-refractivity contribution in [2.45, 2.75) is 44.6 Å². The van der Waals surface area contributed by atoms with Gasteiger partial charge in [-0.05, 0) is 38.8 Å². The van der Waals surface area contributed by atoms with Gasteiger partial charge < -0.3 is 19.7 Å². The third-order valence-electron chi connectivity index (χ3n) is 4.81. The molecule has 0 aromatic carbocycles. The maximum Gasteiger partial charge on any atom is 0.356 e. The van der Waals surface area contributed by atoms with Crippen molar-refractivity contribution in [3.05, 3.63) is 17.2 Å². The Morgan fingerprint density at radius 3 is 2.68 bits per heavy atom. The van der Waals surface area contributed by atoms with Gasteiger partial charge in [-0.2, -0.15) is 0 Å². The molecular weight excluding hydrogens is 286 g/mol. The van der Waals surface area contributed by atoms with Gasteiger partial charge in [0, 0.05) is 12.5 Å². The highest BCUT2D eigenvalue weighted by Gasteiger charge is 2.37. The van der Waals surface area contributed by atoms with E-state index in [9.17, 15) is 19.8 Å². The summed E-state index contributed by atoms with van der Waals surface area (Å²) in [7, 11) is 0. The minimum Gasteiger partial charge on any atom is -0.480 e. The maximum absolute atomic E-state index is 11.6. The molecule has 0 amide bonds. The second-order valence-electron chi connectivity index (χ2n) is 6.07. The first kappa shape index (κ1) is 15.0. The Hall–Kier alpha value is -1.89. The number of rotatable bonds is 4. The number of nitrogens with zero attached hydrogens (tertiary/aromatic N) is 3. The quantitative estimate of drug-likeness (QED) is 0.872. The van der Waals surface area contributed by atoms with Gasteiger partial charge in [0.15, 0.2) is 5.69 Å². The summed E-state index contributed by atoms with van der Waals surface area (Å²) in [6, 6.07) is -0.685. The number of hydrogen-bond acceptors (Lipinski definition) is 4. The highest BCUT2D eigenvalue weighted by Crippen LogP contribution is 2.35. The van der Waals surface area contributed by atoms with Crippen molar-refractivity contribution >= 4 is 11.9 Å². The lowest BCUT2D eigenvalue weighted by molar-refractivity contribution is -0.141. The number of hydrogen-bond donors (Lipinski definition) is 2. The molecule has 0 aliphatic carbocycles. The maximum atomic E-state index is 11.6. The van der Waals surface area contributed by atoms with Crippen molar-refractivity contribution in [2.24, 2.45) is 0 Å². The standard InChI is InChI=1S/C15H21N3O4/c1-2-17-7-6-9(8-17)13-16-12(15(21)22)10-4-3-5-11(14(19)20)18(10)13/h9,11H,2-8H2,1H3,(H,19,20)(H,21,22). The van der Waals surface area contributed by atoms with E-state index in [1.807, 2.05) is 0 Å². The largest absolute Gasteiger partial charge is 0.480 e. The van der Waals surface area contributed by atoms with Crippen LogP contribution in [0.1, 0.15) is 60.2 Å². The van der Waals surface area contributed by atoms with Crippen molar-refractivity contribution < 1.29 is 19.8 Å². The molecule has 2 unspecified atom stereocenters. The van der Waals surface area contributed by atoms with Gasteiger partial charge in [-0.15, -0.1) is 0 Å². The predicted molar refractivity (Wildman–Crippen MR) is 78.3 cm³/mol. The van der Waals surface area contributed by atoms with E-state index < -0.39 is 18.0 Å². The molecule has 1 aromatic heterocycles. The number of likely N-dealkylation sites (N-methyl/N-ethyl adjacent to an activating group) is 1. The van der Waals surface area contributed by atoms with Gasteiger partial charge in [0.25, 0.3) is 0 Å². The molecule has 3 rings (SSSR count). The fraction of sp³-hybridized carbons (Fsp3) is 0.667. The van der Waals surface area contributed by atoms with E-state index in [0.717, 1.165) is 26.1 Å². The monoisotopic (exact) mass is 307 g/mol. The summed E-state index contributed by atoms with van der Waals surface area (Å²) in [5.74, 6) is -1.20. The third kappa shape index (κ3) is 2.39. The number of carbonyl (C=O) groups is 2. The van der Waals surface area contributed by atoms with Gasteiger partial charge in [-0.25, -0.2) is 14.6 Å². The number of carboxylic acid groups (broad SMARTS) is 2. The van der Waals surface area contributed by atoms with Crippen LogP contribution in [0.2, 0.25) is 0 Å². The highest BCUT2D eigenvalue weighted by atomic mass is 16.4. The first-order chi connectivity index (χ1) is 10.5. The molecule has 0 bridgehead atoms. The number of fused-ring (bicyclic) bond motifs is 1. The Morgan fingerprint density at radius 1 is 1.32 bits per heavy atom. The lowest BCUT2D eigenvalue weighted by atomic mass is 10.00. The van der Waals surface area contributed by atoms with Crippen molar-refractivity contribution in [1.29, 1.82) is 0 Å². The molecule has 2 atom stereocenters. The van der Waals surface area contributed by atoms with E-state index in [4.69, 9.17) is 0 Å². The van der Waals surface area contributed by atoms with Crippen LogP contribution in [0, 0.1) is 0 Å². The molecule has 0 spiro atoms. The van der Waals surface area contributed by atoms with E-state index in [-0.39, 0.29) is 11.6 Å². The summed E-state index contributed by atoms with van der Waals surface area (Å²) in [5, 5.41) is 18.9. The summed E-state index contributed by atoms with van der Waals surface area (Å²) >= 11 is 0. The first-order valence-corrected chi connectivity index (χ1v) is 7.82. The zero-order valence-corrected chi connectivity index (χ0v) is 12.7. The third-order valence-corrected chi connectivity index (χ3v) is 4.81. The molecule has 1 aromatic rings.